The van der Waals surface area contributed by atoms with E-state index in [0.29, 0.717) is 17.7 Å². The molecule has 0 saturated heterocycles. The molecule has 1 rings (SSSR count). The van der Waals surface area contributed by atoms with Crippen LogP contribution in [0, 0.1) is 5.82 Å². The van der Waals surface area contributed by atoms with Crippen LogP contribution >= 0.6 is 0 Å². The lowest BCUT2D eigenvalue weighted by molar-refractivity contribution is 0.160. The summed E-state index contributed by atoms with van der Waals surface area (Å²) < 4.78 is 18.2. The number of rotatable bonds is 7. The average Bonchev–Trinajstić information content (AvgIpc) is 2.42. The van der Waals surface area contributed by atoms with Crippen LogP contribution in [-0.2, 0) is 6.54 Å². The molecular weight excluding hydrogens is 263 g/mol. The predicted molar refractivity (Wildman–Crippen MR) is 74.1 cm³/mol. The molecule has 1 aromatic rings. The predicted octanol–water partition coefficient (Wildman–Crippen LogP) is 1.79. The second-order valence-electron chi connectivity index (χ2n) is 4.51. The van der Waals surface area contributed by atoms with Gasteiger partial charge in [-0.2, -0.15) is 0 Å². The summed E-state index contributed by atoms with van der Waals surface area (Å²) in [6.45, 7) is 2.34. The number of amides is 2. The van der Waals surface area contributed by atoms with Crippen LogP contribution in [0.25, 0.3) is 0 Å². The molecule has 0 aliphatic heterocycles. The van der Waals surface area contributed by atoms with Gasteiger partial charge in [0.05, 0.1) is 13.2 Å². The summed E-state index contributed by atoms with van der Waals surface area (Å²) in [4.78, 5) is 11.5. The first kappa shape index (κ1) is 16.2. The van der Waals surface area contributed by atoms with Crippen molar-refractivity contribution in [2.45, 2.75) is 32.4 Å². The van der Waals surface area contributed by atoms with Crippen molar-refractivity contribution in [1.29, 1.82) is 0 Å². The molecule has 0 aliphatic carbocycles. The van der Waals surface area contributed by atoms with E-state index in [1.807, 2.05) is 6.92 Å². The third-order valence-corrected chi connectivity index (χ3v) is 2.74. The molecule has 20 heavy (non-hydrogen) atoms. The summed E-state index contributed by atoms with van der Waals surface area (Å²) in [5.41, 5.74) is 0.603. The lowest BCUT2D eigenvalue weighted by Gasteiger charge is -2.12. The monoisotopic (exact) mass is 284 g/mol. The van der Waals surface area contributed by atoms with Gasteiger partial charge in [-0.25, -0.2) is 9.18 Å². The number of hydrogen-bond donors (Lipinski definition) is 3. The van der Waals surface area contributed by atoms with Gasteiger partial charge in [-0.1, -0.05) is 13.3 Å². The van der Waals surface area contributed by atoms with Gasteiger partial charge in [0.25, 0.3) is 0 Å². The van der Waals surface area contributed by atoms with Gasteiger partial charge in [-0.15, -0.1) is 0 Å². The zero-order valence-electron chi connectivity index (χ0n) is 11.8. The fourth-order valence-electron chi connectivity index (χ4n) is 1.73. The molecule has 0 aromatic heterocycles. The van der Waals surface area contributed by atoms with Crippen LogP contribution in [0.1, 0.15) is 25.3 Å². The fraction of sp³-hybridized carbons (Fsp3) is 0.500. The smallest absolute Gasteiger partial charge is 0.315 e. The maximum atomic E-state index is 13.2. The van der Waals surface area contributed by atoms with E-state index in [-0.39, 0.29) is 13.1 Å². The van der Waals surface area contributed by atoms with E-state index in [1.165, 1.54) is 19.2 Å². The highest BCUT2D eigenvalue weighted by atomic mass is 19.1. The number of nitrogens with one attached hydrogen (secondary N) is 2. The van der Waals surface area contributed by atoms with Crippen LogP contribution in [0.4, 0.5) is 9.18 Å². The van der Waals surface area contributed by atoms with Gasteiger partial charge in [0.2, 0.25) is 0 Å². The van der Waals surface area contributed by atoms with Gasteiger partial charge in [0.1, 0.15) is 11.6 Å². The number of urea groups is 1. The third kappa shape index (κ3) is 5.88. The Balaban J connectivity index is 2.39. The summed E-state index contributed by atoms with van der Waals surface area (Å²) in [5, 5.41) is 14.6. The molecule has 0 fully saturated rings. The Bertz CT molecular complexity index is 440. The van der Waals surface area contributed by atoms with Crippen molar-refractivity contribution in [1.82, 2.24) is 10.6 Å². The first-order valence-electron chi connectivity index (χ1n) is 6.58. The van der Waals surface area contributed by atoms with E-state index in [0.717, 1.165) is 6.42 Å². The Kier molecular flexibility index (Phi) is 6.79. The molecule has 0 saturated carbocycles. The Morgan fingerprint density at radius 2 is 2.15 bits per heavy atom. The SMILES string of the molecule is CCCC(O)CNC(=O)NCc1cc(F)cc(OC)c1. The number of carbonyl (C=O) groups is 1. The molecule has 1 aromatic carbocycles. The van der Waals surface area contributed by atoms with Gasteiger partial charge in [0, 0.05) is 19.2 Å². The van der Waals surface area contributed by atoms with E-state index in [1.54, 1.807) is 6.07 Å². The Labute approximate surface area is 118 Å². The van der Waals surface area contributed by atoms with Crippen molar-refractivity contribution in [3.63, 3.8) is 0 Å². The van der Waals surface area contributed by atoms with Crippen molar-refractivity contribution >= 4 is 6.03 Å². The number of aliphatic hydroxyl groups is 1. The standard InChI is InChI=1S/C14H21FN2O3/c1-3-4-12(18)9-17-14(19)16-8-10-5-11(15)7-13(6-10)20-2/h5-7,12,18H,3-4,8-9H2,1-2H3,(H2,16,17,19). The Morgan fingerprint density at radius 1 is 1.40 bits per heavy atom. The van der Waals surface area contributed by atoms with E-state index >= 15 is 0 Å². The van der Waals surface area contributed by atoms with Crippen LogP contribution < -0.4 is 15.4 Å². The van der Waals surface area contributed by atoms with Crippen molar-refractivity contribution in [2.24, 2.45) is 0 Å². The molecule has 0 spiro atoms. The first-order chi connectivity index (χ1) is 9.55. The number of carbonyl (C=O) groups excluding carboxylic acids is 1. The second-order valence-corrected chi connectivity index (χ2v) is 4.51. The third-order valence-electron chi connectivity index (χ3n) is 2.74. The molecule has 5 nitrogen and oxygen atoms in total. The average molecular weight is 284 g/mol. The molecule has 0 bridgehead atoms. The Hall–Kier alpha value is -1.82. The second kappa shape index (κ2) is 8.37. The lowest BCUT2D eigenvalue weighted by atomic mass is 10.2. The molecule has 0 radical (unpaired) electrons. The number of methoxy groups -OCH3 is 1. The minimum absolute atomic E-state index is 0.184. The molecule has 2 amide bonds. The van der Waals surface area contributed by atoms with Gasteiger partial charge >= 0.3 is 6.03 Å². The zero-order valence-corrected chi connectivity index (χ0v) is 11.8. The highest BCUT2D eigenvalue weighted by Crippen LogP contribution is 2.15. The van der Waals surface area contributed by atoms with Crippen LogP contribution in [-0.4, -0.2) is 30.9 Å². The summed E-state index contributed by atoms with van der Waals surface area (Å²) in [6, 6.07) is 3.85. The normalized spacial score (nSPS) is 11.8. The summed E-state index contributed by atoms with van der Waals surface area (Å²) in [7, 11) is 1.45. The number of halogens is 1. The maximum Gasteiger partial charge on any atom is 0.315 e. The van der Waals surface area contributed by atoms with Crippen molar-refractivity contribution in [3.8, 4) is 5.75 Å². The van der Waals surface area contributed by atoms with E-state index < -0.39 is 18.0 Å². The van der Waals surface area contributed by atoms with E-state index in [2.05, 4.69) is 10.6 Å². The molecule has 6 heteroatoms. The van der Waals surface area contributed by atoms with Crippen molar-refractivity contribution in [2.75, 3.05) is 13.7 Å². The lowest BCUT2D eigenvalue weighted by Crippen LogP contribution is -2.39. The minimum atomic E-state index is -0.542. The fourth-order valence-corrected chi connectivity index (χ4v) is 1.73. The molecule has 3 N–H and O–H groups in total. The van der Waals surface area contributed by atoms with E-state index in [4.69, 9.17) is 4.74 Å². The highest BCUT2D eigenvalue weighted by molar-refractivity contribution is 5.73. The van der Waals surface area contributed by atoms with Crippen LogP contribution in [0.2, 0.25) is 0 Å². The van der Waals surface area contributed by atoms with Crippen molar-refractivity contribution < 1.29 is 19.0 Å². The van der Waals surface area contributed by atoms with Gasteiger partial charge < -0.3 is 20.5 Å². The molecule has 1 atom stereocenters. The van der Waals surface area contributed by atoms with Crippen LogP contribution in [0.15, 0.2) is 18.2 Å². The largest absolute Gasteiger partial charge is 0.497 e. The quantitative estimate of drug-likeness (QED) is 0.715. The summed E-state index contributed by atoms with van der Waals surface area (Å²) in [6.07, 6.45) is 0.953. The van der Waals surface area contributed by atoms with Gasteiger partial charge in [-0.05, 0) is 24.1 Å². The molecule has 112 valence electrons. The number of benzene rings is 1. The van der Waals surface area contributed by atoms with E-state index in [9.17, 15) is 14.3 Å². The molecular formula is C14H21FN2O3. The van der Waals surface area contributed by atoms with Crippen LogP contribution in [0.5, 0.6) is 5.75 Å². The topological polar surface area (TPSA) is 70.6 Å². The first-order valence-corrected chi connectivity index (χ1v) is 6.58. The van der Waals surface area contributed by atoms with Gasteiger partial charge in [-0.3, -0.25) is 0 Å². The number of ether oxygens (including phenoxy) is 1. The summed E-state index contributed by atoms with van der Waals surface area (Å²) >= 11 is 0. The Morgan fingerprint density at radius 3 is 2.80 bits per heavy atom. The maximum absolute atomic E-state index is 13.2. The minimum Gasteiger partial charge on any atom is -0.497 e. The number of hydrogen-bond acceptors (Lipinski definition) is 3. The zero-order chi connectivity index (χ0) is 15.0. The highest BCUT2D eigenvalue weighted by Gasteiger charge is 2.06. The molecule has 1 unspecified atom stereocenters. The number of aliphatic hydroxyl groups excluding tert-OH is 1. The molecule has 0 heterocycles. The van der Waals surface area contributed by atoms with Crippen molar-refractivity contribution in [3.05, 3.63) is 29.6 Å². The summed E-state index contributed by atoms with van der Waals surface area (Å²) in [5.74, 6) is -0.0134. The van der Waals surface area contributed by atoms with Crippen LogP contribution in [0.3, 0.4) is 0 Å². The molecule has 0 aliphatic rings. The van der Waals surface area contributed by atoms with Gasteiger partial charge in [0.15, 0.2) is 0 Å².